The Labute approximate surface area is 79.6 Å². The van der Waals surface area contributed by atoms with Gasteiger partial charge in [-0.1, -0.05) is 5.57 Å². The van der Waals surface area contributed by atoms with Crippen molar-refractivity contribution in [1.82, 2.24) is 4.90 Å². The summed E-state index contributed by atoms with van der Waals surface area (Å²) in [6, 6.07) is 0. The van der Waals surface area contributed by atoms with E-state index in [4.69, 9.17) is 0 Å². The maximum atomic E-state index is 11.7. The highest BCUT2D eigenvalue weighted by atomic mass is 16.2. The molecule has 1 saturated carbocycles. The van der Waals surface area contributed by atoms with Crippen LogP contribution in [0.15, 0.2) is 11.6 Å². The molecule has 2 aliphatic rings. The zero-order valence-electron chi connectivity index (χ0n) is 8.47. The molecule has 2 nitrogen and oxygen atoms in total. The van der Waals surface area contributed by atoms with E-state index in [9.17, 15) is 4.79 Å². The van der Waals surface area contributed by atoms with Crippen LogP contribution in [-0.4, -0.2) is 22.9 Å². The van der Waals surface area contributed by atoms with Crippen LogP contribution in [0.3, 0.4) is 0 Å². The molecule has 1 saturated heterocycles. The first-order valence-corrected chi connectivity index (χ1v) is 5.11. The smallest absolute Gasteiger partial charge is 0.246 e. The van der Waals surface area contributed by atoms with Gasteiger partial charge in [0.15, 0.2) is 0 Å². The van der Waals surface area contributed by atoms with Gasteiger partial charge in [-0.3, -0.25) is 4.79 Å². The molecule has 2 heteroatoms. The number of likely N-dealkylation sites (tertiary alicyclic amines) is 1. The van der Waals surface area contributed by atoms with Gasteiger partial charge in [0.05, 0.1) is 0 Å². The third-order valence-electron chi connectivity index (χ3n) is 3.34. The molecule has 2 fully saturated rings. The molecule has 13 heavy (non-hydrogen) atoms. The van der Waals surface area contributed by atoms with E-state index in [1.807, 2.05) is 13.8 Å². The Kier molecular flexibility index (Phi) is 1.94. The molecule has 72 valence electrons. The first kappa shape index (κ1) is 8.79. The fourth-order valence-corrected chi connectivity index (χ4v) is 2.31. The van der Waals surface area contributed by atoms with Crippen molar-refractivity contribution in [2.24, 2.45) is 0 Å². The Hall–Kier alpha value is -0.790. The Morgan fingerprint density at radius 1 is 1.31 bits per heavy atom. The number of nitrogens with zero attached hydrogens (tertiary/aromatic N) is 1. The highest BCUT2D eigenvalue weighted by Gasteiger charge is 2.50. The summed E-state index contributed by atoms with van der Waals surface area (Å²) in [5, 5.41) is 0. The van der Waals surface area contributed by atoms with Gasteiger partial charge in [0.1, 0.15) is 0 Å². The largest absolute Gasteiger partial charge is 0.333 e. The van der Waals surface area contributed by atoms with E-state index in [0.29, 0.717) is 5.54 Å². The molecule has 2 rings (SSSR count). The first-order valence-electron chi connectivity index (χ1n) is 5.11. The summed E-state index contributed by atoms with van der Waals surface area (Å²) in [6.07, 6.45) is 6.76. The van der Waals surface area contributed by atoms with Crippen molar-refractivity contribution >= 4 is 5.91 Å². The molecule has 0 bridgehead atoms. The molecular weight excluding hydrogens is 162 g/mol. The standard InChI is InChI=1S/C11H17NO/c1-9(2)8-10(13)12-7-6-11(12)4-3-5-11/h8H,3-7H2,1-2H3. The topological polar surface area (TPSA) is 20.3 Å². The average molecular weight is 179 g/mol. The zero-order chi connectivity index (χ0) is 9.47. The number of amides is 1. The second-order valence-electron chi connectivity index (χ2n) is 4.54. The second kappa shape index (κ2) is 2.86. The molecule has 1 aliphatic heterocycles. The molecule has 0 radical (unpaired) electrons. The van der Waals surface area contributed by atoms with E-state index in [1.165, 1.54) is 25.7 Å². The van der Waals surface area contributed by atoms with E-state index >= 15 is 0 Å². The number of hydrogen-bond donors (Lipinski definition) is 0. The highest BCUT2D eigenvalue weighted by Crippen LogP contribution is 2.47. The van der Waals surface area contributed by atoms with Gasteiger partial charge in [-0.2, -0.15) is 0 Å². The van der Waals surface area contributed by atoms with Crippen LogP contribution in [0.2, 0.25) is 0 Å². The molecule has 0 aromatic rings. The van der Waals surface area contributed by atoms with Gasteiger partial charge in [0.2, 0.25) is 5.91 Å². The van der Waals surface area contributed by atoms with Crippen LogP contribution in [0.1, 0.15) is 39.5 Å². The fourth-order valence-electron chi connectivity index (χ4n) is 2.31. The third kappa shape index (κ3) is 1.28. The first-order chi connectivity index (χ1) is 6.14. The monoisotopic (exact) mass is 179 g/mol. The number of carbonyl (C=O) groups excluding carboxylic acids is 1. The normalized spacial score (nSPS) is 23.4. The number of rotatable bonds is 1. The molecule has 0 unspecified atom stereocenters. The van der Waals surface area contributed by atoms with Crippen molar-refractivity contribution in [2.45, 2.75) is 45.1 Å². The number of allylic oxidation sites excluding steroid dienone is 1. The molecular formula is C11H17NO. The van der Waals surface area contributed by atoms with Crippen molar-refractivity contribution in [3.05, 3.63) is 11.6 Å². The molecule has 1 spiro atoms. The van der Waals surface area contributed by atoms with Crippen molar-refractivity contribution < 1.29 is 4.79 Å². The number of hydrogen-bond acceptors (Lipinski definition) is 1. The highest BCUT2D eigenvalue weighted by molar-refractivity contribution is 5.89. The molecule has 1 heterocycles. The predicted molar refractivity (Wildman–Crippen MR) is 52.3 cm³/mol. The van der Waals surface area contributed by atoms with Gasteiger partial charge >= 0.3 is 0 Å². The summed E-state index contributed by atoms with van der Waals surface area (Å²) in [5.41, 5.74) is 1.41. The zero-order valence-corrected chi connectivity index (χ0v) is 8.47. The minimum absolute atomic E-state index is 0.228. The molecule has 0 N–H and O–H groups in total. The molecule has 0 atom stereocenters. The van der Waals surface area contributed by atoms with Crippen LogP contribution in [0.4, 0.5) is 0 Å². The summed E-state index contributed by atoms with van der Waals surface area (Å²) < 4.78 is 0. The van der Waals surface area contributed by atoms with E-state index in [2.05, 4.69) is 4.90 Å². The summed E-state index contributed by atoms with van der Waals surface area (Å²) >= 11 is 0. The lowest BCUT2D eigenvalue weighted by Gasteiger charge is -2.58. The van der Waals surface area contributed by atoms with E-state index in [-0.39, 0.29) is 5.91 Å². The summed E-state index contributed by atoms with van der Waals surface area (Å²) in [5.74, 6) is 0.228. The molecule has 0 aromatic carbocycles. The van der Waals surface area contributed by atoms with E-state index in [0.717, 1.165) is 12.1 Å². The van der Waals surface area contributed by atoms with Gasteiger partial charge < -0.3 is 4.90 Å². The van der Waals surface area contributed by atoms with Gasteiger partial charge in [0.25, 0.3) is 0 Å². The SMILES string of the molecule is CC(C)=CC(=O)N1CCC12CCC2. The Morgan fingerprint density at radius 3 is 2.31 bits per heavy atom. The molecule has 0 aromatic heterocycles. The van der Waals surface area contributed by atoms with Gasteiger partial charge in [-0.05, 0) is 39.5 Å². The lowest BCUT2D eigenvalue weighted by molar-refractivity contribution is -0.150. The second-order valence-corrected chi connectivity index (χ2v) is 4.54. The number of carbonyl (C=O) groups is 1. The average Bonchev–Trinajstić information content (AvgIpc) is 1.77. The maximum absolute atomic E-state index is 11.7. The predicted octanol–water partition coefficient (Wildman–Crippen LogP) is 2.11. The van der Waals surface area contributed by atoms with E-state index < -0.39 is 0 Å². The van der Waals surface area contributed by atoms with Gasteiger partial charge in [0, 0.05) is 18.2 Å². The molecule has 1 aliphatic carbocycles. The Balaban J connectivity index is 2.02. The van der Waals surface area contributed by atoms with Crippen LogP contribution in [0.25, 0.3) is 0 Å². The van der Waals surface area contributed by atoms with Crippen LogP contribution in [0.5, 0.6) is 0 Å². The summed E-state index contributed by atoms with van der Waals surface area (Å²) in [6.45, 7) is 4.93. The minimum atomic E-state index is 0.228. The quantitative estimate of drug-likeness (QED) is 0.564. The van der Waals surface area contributed by atoms with Gasteiger partial charge in [-0.25, -0.2) is 0 Å². The van der Waals surface area contributed by atoms with Crippen molar-refractivity contribution in [1.29, 1.82) is 0 Å². The Bertz CT molecular complexity index is 254. The summed E-state index contributed by atoms with van der Waals surface area (Å²) in [4.78, 5) is 13.8. The van der Waals surface area contributed by atoms with Crippen molar-refractivity contribution in [3.63, 3.8) is 0 Å². The van der Waals surface area contributed by atoms with Crippen molar-refractivity contribution in [2.75, 3.05) is 6.54 Å². The maximum Gasteiger partial charge on any atom is 0.246 e. The molecule has 1 amide bonds. The van der Waals surface area contributed by atoms with Crippen LogP contribution in [0, 0.1) is 0 Å². The minimum Gasteiger partial charge on any atom is -0.333 e. The van der Waals surface area contributed by atoms with Gasteiger partial charge in [-0.15, -0.1) is 0 Å². The van der Waals surface area contributed by atoms with E-state index in [1.54, 1.807) is 6.08 Å². The lowest BCUT2D eigenvalue weighted by Crippen LogP contribution is -2.65. The van der Waals surface area contributed by atoms with Crippen LogP contribution >= 0.6 is 0 Å². The Morgan fingerprint density at radius 2 is 2.00 bits per heavy atom. The fraction of sp³-hybridized carbons (Fsp3) is 0.727. The lowest BCUT2D eigenvalue weighted by atomic mass is 9.68. The third-order valence-corrected chi connectivity index (χ3v) is 3.34. The van der Waals surface area contributed by atoms with Crippen LogP contribution < -0.4 is 0 Å². The van der Waals surface area contributed by atoms with Crippen molar-refractivity contribution in [3.8, 4) is 0 Å². The summed E-state index contributed by atoms with van der Waals surface area (Å²) in [7, 11) is 0. The van der Waals surface area contributed by atoms with Crippen LogP contribution in [-0.2, 0) is 4.79 Å².